The van der Waals surface area contributed by atoms with Crippen LogP contribution in [0, 0.1) is 0 Å². The number of hydrogen-bond acceptors (Lipinski definition) is 4. The average molecular weight is 303 g/mol. The van der Waals surface area contributed by atoms with Crippen molar-refractivity contribution >= 4 is 23.4 Å². The van der Waals surface area contributed by atoms with Crippen molar-refractivity contribution in [2.75, 3.05) is 7.11 Å². The largest absolute Gasteiger partial charge is 0.497 e. The second-order valence-electron chi connectivity index (χ2n) is 4.48. The van der Waals surface area contributed by atoms with Crippen LogP contribution in [-0.2, 0) is 11.2 Å². The summed E-state index contributed by atoms with van der Waals surface area (Å²) < 4.78 is 5.22. The molecular formula is C16H17NO3S. The lowest BCUT2D eigenvalue weighted by atomic mass is 10.2. The van der Waals surface area contributed by atoms with Crippen molar-refractivity contribution in [2.24, 2.45) is 0 Å². The van der Waals surface area contributed by atoms with Crippen LogP contribution in [0.3, 0.4) is 0 Å². The third kappa shape index (κ3) is 3.92. The maximum atomic E-state index is 10.7. The highest BCUT2D eigenvalue weighted by atomic mass is 32.1. The number of methoxy groups -OCH3 is 1. The molecule has 4 nitrogen and oxygen atoms in total. The van der Waals surface area contributed by atoms with E-state index in [4.69, 9.17) is 9.84 Å². The number of hydrogen-bond donors (Lipinski definition) is 1. The van der Waals surface area contributed by atoms with Crippen LogP contribution in [0.15, 0.2) is 30.3 Å². The zero-order valence-corrected chi connectivity index (χ0v) is 12.8. The molecule has 21 heavy (non-hydrogen) atoms. The van der Waals surface area contributed by atoms with Crippen LogP contribution >= 0.6 is 11.3 Å². The molecular weight excluding hydrogens is 286 g/mol. The van der Waals surface area contributed by atoms with Crippen LogP contribution < -0.4 is 4.74 Å². The van der Waals surface area contributed by atoms with E-state index < -0.39 is 5.97 Å². The fraction of sp³-hybridized carbons (Fsp3) is 0.250. The summed E-state index contributed by atoms with van der Waals surface area (Å²) in [6, 6.07) is 7.71. The quantitative estimate of drug-likeness (QED) is 0.823. The number of aryl methyl sites for hydroxylation is 1. The molecule has 110 valence electrons. The first-order valence-electron chi connectivity index (χ1n) is 6.69. The molecule has 0 unspecified atom stereocenters. The van der Waals surface area contributed by atoms with Crippen LogP contribution in [-0.4, -0.2) is 23.2 Å². The minimum atomic E-state index is -0.950. The number of carbonyl (C=O) groups is 1. The number of benzene rings is 1. The lowest BCUT2D eigenvalue weighted by Crippen LogP contribution is -1.89. The molecule has 1 aromatic heterocycles. The Balaban J connectivity index is 2.40. The van der Waals surface area contributed by atoms with E-state index in [2.05, 4.69) is 11.9 Å². The van der Waals surface area contributed by atoms with Gasteiger partial charge in [0.1, 0.15) is 10.8 Å². The predicted octanol–water partition coefficient (Wildman–Crippen LogP) is 3.87. The summed E-state index contributed by atoms with van der Waals surface area (Å²) in [5.41, 5.74) is 1.92. The molecule has 2 aromatic rings. The van der Waals surface area contributed by atoms with Gasteiger partial charge in [0, 0.05) is 11.6 Å². The normalized spacial score (nSPS) is 11.0. The topological polar surface area (TPSA) is 59.4 Å². The van der Waals surface area contributed by atoms with Gasteiger partial charge in [0.25, 0.3) is 0 Å². The summed E-state index contributed by atoms with van der Waals surface area (Å²) >= 11 is 1.50. The zero-order valence-electron chi connectivity index (χ0n) is 12.0. The first kappa shape index (κ1) is 15.3. The number of carboxylic acid groups (broad SMARTS) is 1. The van der Waals surface area contributed by atoms with Crippen molar-refractivity contribution in [1.82, 2.24) is 4.98 Å². The Morgan fingerprint density at radius 3 is 2.95 bits per heavy atom. The van der Waals surface area contributed by atoms with E-state index in [-0.39, 0.29) is 0 Å². The molecule has 0 aliphatic carbocycles. The second-order valence-corrected chi connectivity index (χ2v) is 5.51. The fourth-order valence-electron chi connectivity index (χ4n) is 1.94. The number of carboxylic acids is 1. The van der Waals surface area contributed by atoms with Crippen LogP contribution in [0.25, 0.3) is 16.6 Å². The number of ether oxygens (including phenoxy) is 1. The van der Waals surface area contributed by atoms with Gasteiger partial charge in [-0.3, -0.25) is 0 Å². The fourth-order valence-corrected chi connectivity index (χ4v) is 2.95. The third-order valence-electron chi connectivity index (χ3n) is 2.91. The Morgan fingerprint density at radius 1 is 1.48 bits per heavy atom. The molecule has 1 aromatic carbocycles. The van der Waals surface area contributed by atoms with Gasteiger partial charge >= 0.3 is 5.97 Å². The molecule has 5 heteroatoms. The lowest BCUT2D eigenvalue weighted by molar-refractivity contribution is -0.131. The van der Waals surface area contributed by atoms with Gasteiger partial charge in [-0.15, -0.1) is 11.3 Å². The van der Waals surface area contributed by atoms with E-state index in [0.717, 1.165) is 45.8 Å². The molecule has 0 atom stereocenters. The standard InChI is InChI=1S/C16H17NO3S/c1-3-5-13-14(8-9-15(18)19)21-16(17-13)11-6-4-7-12(10-11)20-2/h4,6-10H,3,5H2,1-2H3,(H,18,19)/b9-8+. The second kappa shape index (κ2) is 7.04. The molecule has 0 aliphatic heterocycles. The van der Waals surface area contributed by atoms with E-state index in [1.807, 2.05) is 24.3 Å². The van der Waals surface area contributed by atoms with Crippen molar-refractivity contribution in [1.29, 1.82) is 0 Å². The van der Waals surface area contributed by atoms with Gasteiger partial charge < -0.3 is 9.84 Å². The number of thiazole rings is 1. The number of aromatic nitrogens is 1. The molecule has 0 fully saturated rings. The number of nitrogens with zero attached hydrogens (tertiary/aromatic N) is 1. The highest BCUT2D eigenvalue weighted by Gasteiger charge is 2.11. The van der Waals surface area contributed by atoms with E-state index in [1.54, 1.807) is 13.2 Å². The van der Waals surface area contributed by atoms with Gasteiger partial charge in [-0.05, 0) is 24.6 Å². The van der Waals surface area contributed by atoms with Crippen LogP contribution in [0.4, 0.5) is 0 Å². The Hall–Kier alpha value is -2.14. The summed E-state index contributed by atoms with van der Waals surface area (Å²) in [6.07, 6.45) is 4.58. The Kier molecular flexibility index (Phi) is 5.11. The molecule has 2 rings (SSSR count). The van der Waals surface area contributed by atoms with Crippen molar-refractivity contribution in [3.63, 3.8) is 0 Å². The molecule has 0 bridgehead atoms. The SMILES string of the molecule is CCCc1nc(-c2cccc(OC)c2)sc1/C=C/C(=O)O. The highest BCUT2D eigenvalue weighted by molar-refractivity contribution is 7.16. The summed E-state index contributed by atoms with van der Waals surface area (Å²) in [6.45, 7) is 2.08. The van der Waals surface area contributed by atoms with Crippen molar-refractivity contribution in [3.8, 4) is 16.3 Å². The van der Waals surface area contributed by atoms with E-state index in [9.17, 15) is 4.79 Å². The minimum Gasteiger partial charge on any atom is -0.497 e. The first-order valence-corrected chi connectivity index (χ1v) is 7.50. The monoisotopic (exact) mass is 303 g/mol. The number of aliphatic carboxylic acids is 1. The summed E-state index contributed by atoms with van der Waals surface area (Å²) in [4.78, 5) is 16.2. The Morgan fingerprint density at radius 2 is 2.29 bits per heavy atom. The molecule has 0 saturated carbocycles. The third-order valence-corrected chi connectivity index (χ3v) is 4.02. The Bertz CT molecular complexity index is 661. The van der Waals surface area contributed by atoms with E-state index >= 15 is 0 Å². The first-order chi connectivity index (χ1) is 10.1. The van der Waals surface area contributed by atoms with Gasteiger partial charge in [-0.2, -0.15) is 0 Å². The van der Waals surface area contributed by atoms with Crippen LogP contribution in [0.5, 0.6) is 5.75 Å². The van der Waals surface area contributed by atoms with Gasteiger partial charge in [-0.1, -0.05) is 25.5 Å². The summed E-state index contributed by atoms with van der Waals surface area (Å²) in [5.74, 6) is -0.170. The van der Waals surface area contributed by atoms with Gasteiger partial charge in [0.05, 0.1) is 17.7 Å². The maximum Gasteiger partial charge on any atom is 0.328 e. The maximum absolute atomic E-state index is 10.7. The average Bonchev–Trinajstić information content (AvgIpc) is 2.89. The van der Waals surface area contributed by atoms with Crippen LogP contribution in [0.2, 0.25) is 0 Å². The van der Waals surface area contributed by atoms with Crippen molar-refractivity contribution in [3.05, 3.63) is 40.9 Å². The minimum absolute atomic E-state index is 0.780. The zero-order chi connectivity index (χ0) is 15.2. The predicted molar refractivity (Wildman–Crippen MR) is 84.8 cm³/mol. The van der Waals surface area contributed by atoms with E-state index in [1.165, 1.54) is 11.3 Å². The highest BCUT2D eigenvalue weighted by Crippen LogP contribution is 2.31. The van der Waals surface area contributed by atoms with E-state index in [0.29, 0.717) is 0 Å². The van der Waals surface area contributed by atoms with Gasteiger partial charge in [0.15, 0.2) is 0 Å². The molecule has 0 aliphatic rings. The van der Waals surface area contributed by atoms with Crippen LogP contribution in [0.1, 0.15) is 23.9 Å². The van der Waals surface area contributed by atoms with Crippen molar-refractivity contribution in [2.45, 2.75) is 19.8 Å². The van der Waals surface area contributed by atoms with Crippen molar-refractivity contribution < 1.29 is 14.6 Å². The molecule has 0 saturated heterocycles. The molecule has 0 radical (unpaired) electrons. The molecule has 1 heterocycles. The summed E-state index contributed by atoms with van der Waals surface area (Å²) in [7, 11) is 1.63. The van der Waals surface area contributed by atoms with Gasteiger partial charge in [0.2, 0.25) is 0 Å². The molecule has 1 N–H and O–H groups in total. The smallest absolute Gasteiger partial charge is 0.328 e. The Labute approximate surface area is 127 Å². The molecule has 0 amide bonds. The van der Waals surface area contributed by atoms with Gasteiger partial charge in [-0.25, -0.2) is 9.78 Å². The lowest BCUT2D eigenvalue weighted by Gasteiger charge is -2.01. The molecule has 0 spiro atoms. The number of rotatable bonds is 6. The summed E-state index contributed by atoms with van der Waals surface area (Å²) in [5, 5.41) is 9.65.